The summed E-state index contributed by atoms with van der Waals surface area (Å²) in [4.78, 5) is 26.4. The van der Waals surface area contributed by atoms with E-state index in [2.05, 4.69) is 31.0 Å². The molecule has 5 aliphatic rings. The van der Waals surface area contributed by atoms with Crippen molar-refractivity contribution in [2.75, 3.05) is 5.75 Å². The van der Waals surface area contributed by atoms with Crippen LogP contribution in [-0.4, -0.2) is 61.3 Å². The van der Waals surface area contributed by atoms with E-state index in [4.69, 9.17) is 9.47 Å². The second-order valence-corrected chi connectivity index (χ2v) is 13.0. The summed E-state index contributed by atoms with van der Waals surface area (Å²) >= 11 is 1.38. The molecule has 1 aromatic rings. The SMILES string of the molecule is CCC[C@@H]1O[C@@H]2CC3C4CCC5=CC(=O)C=CC5(C)C4C(O)CC3(C)[C@]2(C(=O)CSc2nncn2C)O1. The number of aryl methyl sites for hydroxylation is 1. The summed E-state index contributed by atoms with van der Waals surface area (Å²) in [6.45, 7) is 6.42. The van der Waals surface area contributed by atoms with Gasteiger partial charge in [-0.1, -0.05) is 50.6 Å². The van der Waals surface area contributed by atoms with Gasteiger partial charge in [0.25, 0.3) is 0 Å². The lowest BCUT2D eigenvalue weighted by Crippen LogP contribution is -2.63. The van der Waals surface area contributed by atoms with Gasteiger partial charge < -0.3 is 19.1 Å². The fourth-order valence-electron chi connectivity index (χ4n) is 8.65. The lowest BCUT2D eigenvalue weighted by molar-refractivity contribution is -0.197. The van der Waals surface area contributed by atoms with Gasteiger partial charge in [-0.25, -0.2) is 0 Å². The van der Waals surface area contributed by atoms with Crippen LogP contribution in [0.1, 0.15) is 59.3 Å². The third-order valence-corrected chi connectivity index (χ3v) is 11.3. The van der Waals surface area contributed by atoms with Gasteiger partial charge in [0.1, 0.15) is 6.33 Å². The van der Waals surface area contributed by atoms with Crippen molar-refractivity contribution in [1.29, 1.82) is 0 Å². The van der Waals surface area contributed by atoms with Crippen molar-refractivity contribution < 1.29 is 24.2 Å². The Hall–Kier alpha value is -1.81. The quantitative estimate of drug-likeness (QED) is 0.560. The number of fused-ring (bicyclic) bond motifs is 7. The van der Waals surface area contributed by atoms with Crippen molar-refractivity contribution in [3.63, 3.8) is 0 Å². The van der Waals surface area contributed by atoms with E-state index < -0.39 is 23.4 Å². The van der Waals surface area contributed by atoms with Crippen molar-refractivity contribution in [3.05, 3.63) is 30.1 Å². The molecule has 200 valence electrons. The lowest BCUT2D eigenvalue weighted by Gasteiger charge is -2.59. The van der Waals surface area contributed by atoms with Crippen LogP contribution in [0.5, 0.6) is 0 Å². The van der Waals surface area contributed by atoms with E-state index in [0.717, 1.165) is 37.7 Å². The number of aromatic nitrogens is 3. The number of hydrogen-bond acceptors (Lipinski definition) is 8. The molecule has 3 saturated carbocycles. The summed E-state index contributed by atoms with van der Waals surface area (Å²) in [5.41, 5.74) is -0.863. The first-order valence-corrected chi connectivity index (χ1v) is 14.6. The van der Waals surface area contributed by atoms with Gasteiger partial charge in [-0.05, 0) is 56.1 Å². The van der Waals surface area contributed by atoms with Crippen LogP contribution in [0.25, 0.3) is 0 Å². The molecule has 0 radical (unpaired) electrons. The van der Waals surface area contributed by atoms with Gasteiger partial charge in [0.15, 0.2) is 28.6 Å². The highest BCUT2D eigenvalue weighted by Gasteiger charge is 2.75. The van der Waals surface area contributed by atoms with E-state index >= 15 is 0 Å². The van der Waals surface area contributed by atoms with Crippen molar-refractivity contribution in [2.24, 2.45) is 35.6 Å². The van der Waals surface area contributed by atoms with Crippen LogP contribution in [0, 0.1) is 28.6 Å². The molecule has 1 N–H and O–H groups in total. The number of thioether (sulfide) groups is 1. The number of aliphatic hydroxyl groups excluding tert-OH is 1. The number of rotatable bonds is 6. The predicted molar refractivity (Wildman–Crippen MR) is 138 cm³/mol. The molecule has 1 saturated heterocycles. The fraction of sp³-hybridized carbons (Fsp3) is 0.714. The molecule has 6 unspecified atom stereocenters. The van der Waals surface area contributed by atoms with E-state index in [-0.39, 0.29) is 46.6 Å². The summed E-state index contributed by atoms with van der Waals surface area (Å²) < 4.78 is 15.0. The standard InChI is InChI=1S/C28H37N3O5S/c1-5-6-23-35-22-12-19-18-8-7-16-11-17(32)9-10-26(16,2)24(18)20(33)13-27(19,3)28(22,36-23)21(34)14-37-25-30-29-15-31(25)4/h9-11,15,18-20,22-24,33H,5-8,12-14H2,1-4H3/t18?,19?,20?,22-,23-,24?,26?,27?,28-/m1/s1. The number of Topliss-reactive ketones (excluding diaryl/α,β-unsaturated/α-hetero) is 1. The van der Waals surface area contributed by atoms with Crippen molar-refractivity contribution in [3.8, 4) is 0 Å². The van der Waals surface area contributed by atoms with Gasteiger partial charge in [-0.2, -0.15) is 0 Å². The molecule has 1 aromatic heterocycles. The van der Waals surface area contributed by atoms with Crippen LogP contribution in [-0.2, 0) is 26.1 Å². The number of aliphatic hydroxyl groups is 1. The maximum absolute atomic E-state index is 14.2. The first-order chi connectivity index (χ1) is 17.6. The molecule has 8 nitrogen and oxygen atoms in total. The van der Waals surface area contributed by atoms with Crippen molar-refractivity contribution >= 4 is 23.3 Å². The molecule has 0 amide bonds. The number of hydrogen-bond donors (Lipinski definition) is 1. The molecule has 4 fully saturated rings. The van der Waals surface area contributed by atoms with Crippen LogP contribution in [0.4, 0.5) is 0 Å². The van der Waals surface area contributed by atoms with Crippen LogP contribution in [0.3, 0.4) is 0 Å². The lowest BCUT2D eigenvalue weighted by atomic mass is 9.46. The van der Waals surface area contributed by atoms with Gasteiger partial charge in [0.2, 0.25) is 0 Å². The zero-order valence-electron chi connectivity index (χ0n) is 22.1. The average molecular weight is 528 g/mol. The summed E-state index contributed by atoms with van der Waals surface area (Å²) in [6, 6.07) is 0. The topological polar surface area (TPSA) is 104 Å². The highest BCUT2D eigenvalue weighted by Crippen LogP contribution is 2.69. The smallest absolute Gasteiger partial charge is 0.191 e. The molecule has 37 heavy (non-hydrogen) atoms. The number of ketones is 2. The molecule has 9 heteroatoms. The molecule has 0 spiro atoms. The molecule has 9 atom stereocenters. The molecule has 1 aliphatic heterocycles. The Labute approximate surface area is 222 Å². The van der Waals surface area contributed by atoms with E-state index in [1.54, 1.807) is 18.5 Å². The van der Waals surface area contributed by atoms with E-state index in [1.165, 1.54) is 11.8 Å². The Kier molecular flexibility index (Phi) is 6.10. The van der Waals surface area contributed by atoms with E-state index in [1.807, 2.05) is 17.7 Å². The van der Waals surface area contributed by atoms with Gasteiger partial charge in [-0.3, -0.25) is 9.59 Å². The second-order valence-electron chi connectivity index (χ2n) is 12.1. The normalized spacial score (nSPS) is 44.1. The van der Waals surface area contributed by atoms with Gasteiger partial charge in [-0.15, -0.1) is 10.2 Å². The summed E-state index contributed by atoms with van der Waals surface area (Å²) in [6.07, 6.45) is 10.3. The Bertz CT molecular complexity index is 1180. The maximum Gasteiger partial charge on any atom is 0.191 e. The van der Waals surface area contributed by atoms with Crippen molar-refractivity contribution in [2.45, 2.75) is 88.6 Å². The maximum atomic E-state index is 14.2. The fourth-order valence-corrected chi connectivity index (χ4v) is 9.48. The Morgan fingerprint density at radius 1 is 1.35 bits per heavy atom. The van der Waals surface area contributed by atoms with Crippen LogP contribution >= 0.6 is 11.8 Å². The third-order valence-electron chi connectivity index (χ3n) is 10.2. The number of allylic oxidation sites excluding steroid dienone is 4. The second kappa shape index (κ2) is 8.86. The Balaban J connectivity index is 1.36. The zero-order chi connectivity index (χ0) is 26.2. The van der Waals surface area contributed by atoms with E-state index in [9.17, 15) is 14.7 Å². The summed E-state index contributed by atoms with van der Waals surface area (Å²) in [5.74, 6) is 0.665. The first-order valence-electron chi connectivity index (χ1n) is 13.6. The summed E-state index contributed by atoms with van der Waals surface area (Å²) in [5, 5.41) is 20.6. The summed E-state index contributed by atoms with van der Waals surface area (Å²) in [7, 11) is 1.87. The third kappa shape index (κ3) is 3.53. The Morgan fingerprint density at radius 2 is 2.16 bits per heavy atom. The highest BCUT2D eigenvalue weighted by atomic mass is 32.2. The van der Waals surface area contributed by atoms with Gasteiger partial charge in [0, 0.05) is 23.8 Å². The van der Waals surface area contributed by atoms with Crippen LogP contribution in [0.15, 0.2) is 35.3 Å². The van der Waals surface area contributed by atoms with Crippen LogP contribution in [0.2, 0.25) is 0 Å². The number of nitrogens with zero attached hydrogens (tertiary/aromatic N) is 3. The first kappa shape index (κ1) is 25.5. The van der Waals surface area contributed by atoms with Gasteiger partial charge in [0.05, 0.1) is 18.0 Å². The minimum atomic E-state index is -1.09. The molecular formula is C28H37N3O5S. The number of carbonyl (C=O) groups is 2. The molecule has 2 heterocycles. The minimum absolute atomic E-state index is 0.000333. The molecule has 0 bridgehead atoms. The molecular weight excluding hydrogens is 490 g/mol. The minimum Gasteiger partial charge on any atom is -0.393 e. The zero-order valence-corrected chi connectivity index (χ0v) is 22.9. The predicted octanol–water partition coefficient (Wildman–Crippen LogP) is 3.65. The molecule has 0 aromatic carbocycles. The molecule has 4 aliphatic carbocycles. The average Bonchev–Trinajstić information content (AvgIpc) is 3.49. The molecule has 6 rings (SSSR count). The van der Waals surface area contributed by atoms with Crippen molar-refractivity contribution in [1.82, 2.24) is 14.8 Å². The largest absolute Gasteiger partial charge is 0.393 e. The number of ether oxygens (including phenoxy) is 2. The number of carbonyl (C=O) groups excluding carboxylic acids is 2. The highest BCUT2D eigenvalue weighted by molar-refractivity contribution is 7.99. The van der Waals surface area contributed by atoms with Crippen LogP contribution < -0.4 is 0 Å². The van der Waals surface area contributed by atoms with Gasteiger partial charge >= 0.3 is 0 Å². The van der Waals surface area contributed by atoms with E-state index in [0.29, 0.717) is 11.6 Å². The Morgan fingerprint density at radius 3 is 2.89 bits per heavy atom. The monoisotopic (exact) mass is 527 g/mol.